The minimum atomic E-state index is 0.165. The van der Waals surface area contributed by atoms with E-state index in [4.69, 9.17) is 19.4 Å². The summed E-state index contributed by atoms with van der Waals surface area (Å²) >= 11 is 0. The summed E-state index contributed by atoms with van der Waals surface area (Å²) in [5.74, 6) is 4.50. The van der Waals surface area contributed by atoms with Crippen molar-refractivity contribution in [2.75, 3.05) is 0 Å². The maximum atomic E-state index is 6.67. The van der Waals surface area contributed by atoms with Gasteiger partial charge in [0.05, 0.1) is 0 Å². The minimum absolute atomic E-state index is 0.165. The van der Waals surface area contributed by atoms with Gasteiger partial charge < -0.3 is 4.42 Å². The molecule has 2 aromatic heterocycles. The molecule has 0 fully saturated rings. The van der Waals surface area contributed by atoms with Crippen LogP contribution in [-0.4, -0.2) is 15.0 Å². The zero-order valence-corrected chi connectivity index (χ0v) is 28.2. The molecule has 0 amide bonds. The average Bonchev–Trinajstić information content (AvgIpc) is 3.60. The maximum absolute atomic E-state index is 6.67. The number of aryl methyl sites for hydroxylation is 1. The molecule has 2 heterocycles. The van der Waals surface area contributed by atoms with Gasteiger partial charge in [0.2, 0.25) is 0 Å². The third-order valence-electron chi connectivity index (χ3n) is 10.7. The topological polar surface area (TPSA) is 51.8 Å². The average molecular weight is 658 g/mol. The van der Waals surface area contributed by atoms with Gasteiger partial charge in [-0.15, -0.1) is 0 Å². The van der Waals surface area contributed by atoms with Gasteiger partial charge in [-0.05, 0) is 58.0 Å². The molecule has 0 aliphatic heterocycles. The number of furan rings is 1. The summed E-state index contributed by atoms with van der Waals surface area (Å²) in [5, 5.41) is 4.88. The Kier molecular flexibility index (Phi) is 7.19. The van der Waals surface area contributed by atoms with Gasteiger partial charge in [0.1, 0.15) is 11.5 Å². The van der Waals surface area contributed by atoms with Crippen LogP contribution in [0.1, 0.15) is 70.7 Å². The summed E-state index contributed by atoms with van der Waals surface area (Å²) in [7, 11) is 0. The lowest BCUT2D eigenvalue weighted by Gasteiger charge is -2.23. The van der Waals surface area contributed by atoms with Crippen molar-refractivity contribution in [3.63, 3.8) is 0 Å². The quantitative estimate of drug-likeness (QED) is 0.185. The summed E-state index contributed by atoms with van der Waals surface area (Å²) in [5.41, 5.74) is 8.00. The van der Waals surface area contributed by atoms with Crippen LogP contribution in [0.2, 0.25) is 0 Å². The summed E-state index contributed by atoms with van der Waals surface area (Å²) in [6.45, 7) is 0. The van der Waals surface area contributed by atoms with Gasteiger partial charge in [-0.1, -0.05) is 146 Å². The molecule has 0 radical (unpaired) electrons. The number of nitrogens with zero attached hydrogens (tertiary/aromatic N) is 3. The smallest absolute Gasteiger partial charge is 0.164 e. The van der Waals surface area contributed by atoms with E-state index in [-0.39, 0.29) is 5.92 Å². The third kappa shape index (κ3) is 5.18. The molecule has 3 aliphatic carbocycles. The van der Waals surface area contributed by atoms with Gasteiger partial charge >= 0.3 is 0 Å². The third-order valence-corrected chi connectivity index (χ3v) is 10.7. The highest BCUT2D eigenvalue weighted by atomic mass is 16.3. The molecule has 2 unspecified atom stereocenters. The van der Waals surface area contributed by atoms with Crippen LogP contribution in [0.25, 0.3) is 56.0 Å². The monoisotopic (exact) mass is 657 g/mol. The van der Waals surface area contributed by atoms with Gasteiger partial charge in [0.15, 0.2) is 17.5 Å². The Balaban J connectivity index is 1.15. The summed E-state index contributed by atoms with van der Waals surface area (Å²) in [6, 6.07) is 38.9. The van der Waals surface area contributed by atoms with E-state index in [2.05, 4.69) is 134 Å². The number of fused-ring (bicyclic) bond motifs is 5. The fourth-order valence-corrected chi connectivity index (χ4v) is 8.25. The number of aromatic nitrogens is 3. The molecule has 0 N–H and O–H groups in total. The van der Waals surface area contributed by atoms with Crippen molar-refractivity contribution in [3.05, 3.63) is 185 Å². The fraction of sp³-hybridized carbons (Fsp3) is 0.128. The van der Waals surface area contributed by atoms with Crippen molar-refractivity contribution in [1.82, 2.24) is 15.0 Å². The lowest BCUT2D eigenvalue weighted by molar-refractivity contribution is 0.494. The first-order valence-electron chi connectivity index (χ1n) is 18.0. The molecule has 0 spiro atoms. The molecular formula is C47H35N3O. The number of allylic oxidation sites excluding steroid dienone is 6. The first-order chi connectivity index (χ1) is 25.3. The first kappa shape index (κ1) is 29.8. The van der Waals surface area contributed by atoms with Crippen LogP contribution >= 0.6 is 0 Å². The standard InChI is InChI=1S/C47H35N3O/c1-3-14-31(15-4-1)35-27-28-39(38-20-10-9-19-37(35)38)46-48-45(32-16-5-2-6-17-32)49-47(50-46)40-22-12-24-42-44(40)43-36(21-11-23-41(43)51-42)34-26-25-30-13-7-8-18-33(30)29-34/h1-11,13-14,16-20,22-23,25-29,31,36H,12,15,21,24H2. The van der Waals surface area contributed by atoms with E-state index >= 15 is 0 Å². The van der Waals surface area contributed by atoms with E-state index in [9.17, 15) is 0 Å². The second-order valence-electron chi connectivity index (χ2n) is 13.7. The van der Waals surface area contributed by atoms with Gasteiger partial charge in [-0.2, -0.15) is 0 Å². The maximum Gasteiger partial charge on any atom is 0.164 e. The Morgan fingerprint density at radius 1 is 0.647 bits per heavy atom. The highest BCUT2D eigenvalue weighted by Gasteiger charge is 2.33. The molecule has 10 rings (SSSR count). The number of hydrogen-bond donors (Lipinski definition) is 0. The summed E-state index contributed by atoms with van der Waals surface area (Å²) < 4.78 is 6.67. The lowest BCUT2D eigenvalue weighted by atomic mass is 9.79. The fourth-order valence-electron chi connectivity index (χ4n) is 8.25. The van der Waals surface area contributed by atoms with Crippen LogP contribution in [0.5, 0.6) is 0 Å². The Morgan fingerprint density at radius 3 is 2.33 bits per heavy atom. The predicted molar refractivity (Wildman–Crippen MR) is 207 cm³/mol. The van der Waals surface area contributed by atoms with E-state index < -0.39 is 0 Å². The summed E-state index contributed by atoms with van der Waals surface area (Å²) in [6.07, 6.45) is 19.2. The van der Waals surface area contributed by atoms with Crippen molar-refractivity contribution in [3.8, 4) is 22.8 Å². The Hall–Kier alpha value is -6.13. The molecule has 0 saturated carbocycles. The van der Waals surface area contributed by atoms with E-state index in [1.165, 1.54) is 32.8 Å². The SMILES string of the molecule is C1=CCC(c2ccc(-c3nc(C4=CCCc5oc6c(c54)C(c4ccc5ccccc5c4)CC=C6)nc(-c4ccccc4)n3)c3ccccc23)C=C1. The van der Waals surface area contributed by atoms with E-state index in [0.29, 0.717) is 23.4 Å². The Labute approximate surface area is 297 Å². The molecule has 2 atom stereocenters. The minimum Gasteiger partial charge on any atom is -0.461 e. The largest absolute Gasteiger partial charge is 0.461 e. The molecule has 3 aliphatic rings. The zero-order valence-electron chi connectivity index (χ0n) is 28.2. The van der Waals surface area contributed by atoms with E-state index in [0.717, 1.165) is 64.9 Å². The van der Waals surface area contributed by atoms with Crippen LogP contribution in [-0.2, 0) is 6.42 Å². The van der Waals surface area contributed by atoms with Gasteiger partial charge in [-0.25, -0.2) is 15.0 Å². The van der Waals surface area contributed by atoms with Crippen LogP contribution in [0.4, 0.5) is 0 Å². The highest BCUT2D eigenvalue weighted by molar-refractivity contribution is 5.98. The van der Waals surface area contributed by atoms with Crippen LogP contribution in [0.3, 0.4) is 0 Å². The number of hydrogen-bond acceptors (Lipinski definition) is 4. The molecule has 4 heteroatoms. The van der Waals surface area contributed by atoms with Crippen molar-refractivity contribution >= 4 is 33.2 Å². The number of benzene rings is 5. The molecular weight excluding hydrogens is 623 g/mol. The molecule has 244 valence electrons. The molecule has 7 aromatic rings. The van der Waals surface area contributed by atoms with Crippen LogP contribution < -0.4 is 0 Å². The second-order valence-corrected chi connectivity index (χ2v) is 13.7. The molecule has 4 nitrogen and oxygen atoms in total. The molecule has 51 heavy (non-hydrogen) atoms. The van der Waals surface area contributed by atoms with Gasteiger partial charge in [0, 0.05) is 46.1 Å². The Bertz CT molecular complexity index is 2600. The molecule has 0 bridgehead atoms. The number of rotatable bonds is 5. The molecule has 5 aromatic carbocycles. The first-order valence-corrected chi connectivity index (χ1v) is 18.0. The van der Waals surface area contributed by atoms with E-state index in [1.807, 2.05) is 18.2 Å². The van der Waals surface area contributed by atoms with E-state index in [1.54, 1.807) is 0 Å². The second kappa shape index (κ2) is 12.3. The Morgan fingerprint density at radius 2 is 1.45 bits per heavy atom. The van der Waals surface area contributed by atoms with Crippen LogP contribution in [0.15, 0.2) is 150 Å². The zero-order chi connectivity index (χ0) is 33.7. The van der Waals surface area contributed by atoms with Crippen molar-refractivity contribution in [1.29, 1.82) is 0 Å². The normalized spacial score (nSPS) is 17.8. The van der Waals surface area contributed by atoms with Crippen molar-refractivity contribution in [2.45, 2.75) is 37.5 Å². The van der Waals surface area contributed by atoms with Crippen molar-refractivity contribution in [2.24, 2.45) is 0 Å². The van der Waals surface area contributed by atoms with Crippen LogP contribution in [0, 0.1) is 0 Å². The highest BCUT2D eigenvalue weighted by Crippen LogP contribution is 2.47. The summed E-state index contributed by atoms with van der Waals surface area (Å²) in [4.78, 5) is 15.7. The molecule has 0 saturated heterocycles. The predicted octanol–water partition coefficient (Wildman–Crippen LogP) is 11.6. The lowest BCUT2D eigenvalue weighted by Crippen LogP contribution is -2.11. The van der Waals surface area contributed by atoms with Crippen molar-refractivity contribution < 1.29 is 4.42 Å². The van der Waals surface area contributed by atoms with Gasteiger partial charge in [0.25, 0.3) is 0 Å². The van der Waals surface area contributed by atoms with Gasteiger partial charge in [-0.3, -0.25) is 0 Å².